The van der Waals surface area contributed by atoms with Crippen molar-refractivity contribution in [3.63, 3.8) is 0 Å². The molecule has 0 bridgehead atoms. The third-order valence-corrected chi connectivity index (χ3v) is 13.2. The van der Waals surface area contributed by atoms with Crippen molar-refractivity contribution in [2.45, 2.75) is 162 Å². The average Bonchev–Trinajstić information content (AvgIpc) is 3.24. The molecule has 1 aliphatic rings. The number of amides is 6. The SMILES string of the molecule is CCOP(=O)(OCC)C1CCN(C(=O)C(CCCCNC(=O)OC(C)(C)C)NC(=O)C(CC(C)C)NC(=O)C(Cc2ccccc2)NC(=O)C(Cc2ccccc2)NC(=O)OC(C)(C)C)CC1. The molecule has 4 unspecified atom stereocenters. The number of alkyl carbamates (subject to hydrolysis) is 2. The van der Waals surface area contributed by atoms with E-state index >= 15 is 0 Å². The van der Waals surface area contributed by atoms with E-state index in [2.05, 4.69) is 26.6 Å². The molecule has 0 aromatic heterocycles. The van der Waals surface area contributed by atoms with Crippen LogP contribution in [0.3, 0.4) is 0 Å². The highest BCUT2D eigenvalue weighted by Crippen LogP contribution is 2.56. The Morgan fingerprint density at radius 1 is 0.642 bits per heavy atom. The third-order valence-electron chi connectivity index (χ3n) is 10.6. The molecule has 6 amide bonds. The Bertz CT molecular complexity index is 1920. The van der Waals surface area contributed by atoms with Crippen LogP contribution in [0.2, 0.25) is 0 Å². The minimum Gasteiger partial charge on any atom is -0.444 e. The van der Waals surface area contributed by atoms with Gasteiger partial charge in [-0.15, -0.1) is 0 Å². The first-order valence-electron chi connectivity index (χ1n) is 23.6. The van der Waals surface area contributed by atoms with E-state index in [1.165, 1.54) is 0 Å². The van der Waals surface area contributed by atoms with Gasteiger partial charge in [0, 0.05) is 32.5 Å². The molecule has 1 fully saturated rings. The van der Waals surface area contributed by atoms with Crippen LogP contribution in [0.25, 0.3) is 0 Å². The van der Waals surface area contributed by atoms with Crippen molar-refractivity contribution in [3.05, 3.63) is 71.8 Å². The number of hydrogen-bond donors (Lipinski definition) is 5. The van der Waals surface area contributed by atoms with Crippen LogP contribution in [0, 0.1) is 5.92 Å². The first-order chi connectivity index (χ1) is 31.5. The Hall–Kier alpha value is -4.99. The molecule has 4 atom stereocenters. The highest BCUT2D eigenvalue weighted by molar-refractivity contribution is 7.54. The zero-order valence-electron chi connectivity index (χ0n) is 41.3. The van der Waals surface area contributed by atoms with E-state index in [1.807, 2.05) is 74.5 Å². The predicted octanol–water partition coefficient (Wildman–Crippen LogP) is 6.82. The van der Waals surface area contributed by atoms with Crippen LogP contribution in [0.15, 0.2) is 60.7 Å². The van der Waals surface area contributed by atoms with Crippen molar-refractivity contribution in [3.8, 4) is 0 Å². The number of hydrogen-bond acceptors (Lipinski definition) is 11. The molecule has 17 nitrogen and oxygen atoms in total. The minimum atomic E-state index is -3.40. The van der Waals surface area contributed by atoms with Gasteiger partial charge in [0.15, 0.2) is 0 Å². The van der Waals surface area contributed by atoms with Gasteiger partial charge >= 0.3 is 19.8 Å². The zero-order valence-corrected chi connectivity index (χ0v) is 42.2. The molecule has 5 N–H and O–H groups in total. The summed E-state index contributed by atoms with van der Waals surface area (Å²) in [6, 6.07) is 13.8. The number of nitrogens with zero attached hydrogens (tertiary/aromatic N) is 1. The fourth-order valence-corrected chi connectivity index (χ4v) is 9.63. The van der Waals surface area contributed by atoms with Gasteiger partial charge in [0.1, 0.15) is 35.4 Å². The fourth-order valence-electron chi connectivity index (χ4n) is 7.55. The Kier molecular flexibility index (Phi) is 22.8. The second kappa shape index (κ2) is 27.1. The second-order valence-corrected chi connectivity index (χ2v) is 21.6. The third kappa shape index (κ3) is 20.8. The van der Waals surface area contributed by atoms with E-state index in [-0.39, 0.29) is 76.0 Å². The van der Waals surface area contributed by atoms with Crippen molar-refractivity contribution >= 4 is 43.4 Å². The van der Waals surface area contributed by atoms with Crippen molar-refractivity contribution < 1.29 is 51.9 Å². The van der Waals surface area contributed by atoms with Crippen LogP contribution in [0.1, 0.15) is 119 Å². The summed E-state index contributed by atoms with van der Waals surface area (Å²) in [5.74, 6) is -2.27. The lowest BCUT2D eigenvalue weighted by Gasteiger charge is -2.37. The van der Waals surface area contributed by atoms with Gasteiger partial charge < -0.3 is 50.0 Å². The number of benzene rings is 2. The van der Waals surface area contributed by atoms with Crippen molar-refractivity contribution in [1.82, 2.24) is 31.5 Å². The van der Waals surface area contributed by atoms with E-state index in [1.54, 1.807) is 60.3 Å². The van der Waals surface area contributed by atoms with Crippen LogP contribution >= 0.6 is 7.60 Å². The number of ether oxygens (including phenoxy) is 2. The maximum Gasteiger partial charge on any atom is 0.408 e. The second-order valence-electron chi connectivity index (χ2n) is 19.2. The molecule has 18 heteroatoms. The van der Waals surface area contributed by atoms with Gasteiger partial charge in [-0.2, -0.15) is 0 Å². The first-order valence-corrected chi connectivity index (χ1v) is 25.3. The summed E-state index contributed by atoms with van der Waals surface area (Å²) >= 11 is 0. The zero-order chi connectivity index (χ0) is 49.8. The topological polar surface area (TPSA) is 220 Å². The monoisotopic (exact) mass is 957 g/mol. The lowest BCUT2D eigenvalue weighted by molar-refractivity contribution is -0.138. The molecule has 0 saturated carbocycles. The molecule has 0 aliphatic carbocycles. The number of carbonyl (C=O) groups excluding carboxylic acids is 6. The van der Waals surface area contributed by atoms with E-state index in [4.69, 9.17) is 18.5 Å². The van der Waals surface area contributed by atoms with Gasteiger partial charge in [0.05, 0.1) is 18.9 Å². The van der Waals surface area contributed by atoms with Crippen LogP contribution < -0.4 is 26.6 Å². The molecular formula is C49H77N6O11P. The lowest BCUT2D eigenvalue weighted by atomic mass is 9.99. The van der Waals surface area contributed by atoms with Crippen LogP contribution in [-0.2, 0) is 55.1 Å². The van der Waals surface area contributed by atoms with E-state index in [0.29, 0.717) is 25.7 Å². The fraction of sp³-hybridized carbons (Fsp3) is 0.633. The highest BCUT2D eigenvalue weighted by atomic mass is 31.2. The standard InChI is InChI=1S/C49H77N6O11P/c1-11-63-67(62,64-12-2)37-26-29-55(30-27-37)45(59)38(25-19-20-28-50-46(60)65-48(5,6)7)51-42(56)39(31-34(3)4)52-43(57)40(32-35-21-15-13-16-22-35)53-44(58)41(33-36-23-17-14-18-24-36)54-47(61)66-49(8,9)10/h13-18,21-24,34,37-41H,11-12,19-20,25-33H2,1-10H3,(H,50,60)(H,51,56)(H,52,57)(H,53,58)(H,54,61). The molecule has 67 heavy (non-hydrogen) atoms. The average molecular weight is 957 g/mol. The summed E-state index contributed by atoms with van der Waals surface area (Å²) in [4.78, 5) is 84.3. The van der Waals surface area contributed by atoms with Gasteiger partial charge in [-0.25, -0.2) is 9.59 Å². The lowest BCUT2D eigenvalue weighted by Crippen LogP contribution is -2.59. The number of unbranched alkanes of at least 4 members (excludes halogenated alkanes) is 1. The number of rotatable bonds is 24. The molecular weight excluding hydrogens is 880 g/mol. The van der Waals surface area contributed by atoms with Crippen molar-refractivity contribution in [1.29, 1.82) is 0 Å². The van der Waals surface area contributed by atoms with Gasteiger partial charge in [0.2, 0.25) is 23.6 Å². The van der Waals surface area contributed by atoms with Gasteiger partial charge in [-0.3, -0.25) is 23.7 Å². The molecule has 2 aromatic rings. The molecule has 1 aliphatic heterocycles. The highest BCUT2D eigenvalue weighted by Gasteiger charge is 2.40. The van der Waals surface area contributed by atoms with E-state index in [0.717, 1.165) is 11.1 Å². The molecule has 3 rings (SSSR count). The van der Waals surface area contributed by atoms with Crippen molar-refractivity contribution in [2.75, 3.05) is 32.8 Å². The van der Waals surface area contributed by atoms with Gasteiger partial charge in [-0.05, 0) is 111 Å². The van der Waals surface area contributed by atoms with E-state index < -0.39 is 72.9 Å². The Labute approximate surface area is 397 Å². The quantitative estimate of drug-likeness (QED) is 0.0543. The smallest absolute Gasteiger partial charge is 0.408 e. The summed E-state index contributed by atoms with van der Waals surface area (Å²) in [6.45, 7) is 19.0. The Balaban J connectivity index is 1.88. The summed E-state index contributed by atoms with van der Waals surface area (Å²) in [5, 5.41) is 14.1. The summed E-state index contributed by atoms with van der Waals surface area (Å²) in [5.41, 5.74) is -0.391. The van der Waals surface area contributed by atoms with Crippen LogP contribution in [-0.4, -0.2) is 115 Å². The largest absolute Gasteiger partial charge is 0.444 e. The number of carbonyl (C=O) groups is 6. The molecule has 0 spiro atoms. The maximum atomic E-state index is 14.4. The molecule has 1 heterocycles. The summed E-state index contributed by atoms with van der Waals surface area (Å²) in [6.07, 6.45) is 0.912. The molecule has 0 radical (unpaired) electrons. The predicted molar refractivity (Wildman–Crippen MR) is 257 cm³/mol. The van der Waals surface area contributed by atoms with Gasteiger partial charge in [-0.1, -0.05) is 74.5 Å². The van der Waals surface area contributed by atoms with E-state index in [9.17, 15) is 33.3 Å². The molecule has 1 saturated heterocycles. The molecule has 2 aromatic carbocycles. The molecule has 374 valence electrons. The maximum absolute atomic E-state index is 14.4. The van der Waals surface area contributed by atoms with Crippen LogP contribution in [0.5, 0.6) is 0 Å². The summed E-state index contributed by atoms with van der Waals surface area (Å²) < 4.78 is 35.6. The Morgan fingerprint density at radius 3 is 1.57 bits per heavy atom. The van der Waals surface area contributed by atoms with Gasteiger partial charge in [0.25, 0.3) is 0 Å². The number of likely N-dealkylation sites (tertiary alicyclic amines) is 1. The number of piperidine rings is 1. The van der Waals surface area contributed by atoms with Crippen molar-refractivity contribution in [2.24, 2.45) is 5.92 Å². The first kappa shape index (κ1) is 56.3. The Morgan fingerprint density at radius 2 is 1.09 bits per heavy atom. The minimum absolute atomic E-state index is 0.0623. The number of nitrogens with one attached hydrogen (secondary N) is 5. The van der Waals surface area contributed by atoms with Crippen LogP contribution in [0.4, 0.5) is 9.59 Å². The normalized spacial score (nSPS) is 15.4. The summed E-state index contributed by atoms with van der Waals surface area (Å²) in [7, 11) is -3.40.